The van der Waals surface area contributed by atoms with Crippen LogP contribution in [0.3, 0.4) is 0 Å². The minimum absolute atomic E-state index is 0.0794. The summed E-state index contributed by atoms with van der Waals surface area (Å²) in [6, 6.07) is -0.694. The molecular formula is C49H95NO5. The van der Waals surface area contributed by atoms with Gasteiger partial charge >= 0.3 is 5.97 Å². The Balaban J connectivity index is 4.38. The van der Waals surface area contributed by atoms with Gasteiger partial charge in [0.1, 0.15) is 6.10 Å². The van der Waals surface area contributed by atoms with Gasteiger partial charge < -0.3 is 20.3 Å². The Hall–Kier alpha value is -1.40. The monoisotopic (exact) mass is 778 g/mol. The fourth-order valence-corrected chi connectivity index (χ4v) is 7.60. The van der Waals surface area contributed by atoms with Crippen molar-refractivity contribution in [2.24, 2.45) is 0 Å². The summed E-state index contributed by atoms with van der Waals surface area (Å²) >= 11 is 0. The lowest BCUT2D eigenvalue weighted by molar-refractivity contribution is -0.151. The highest BCUT2D eigenvalue weighted by Crippen LogP contribution is 2.18. The van der Waals surface area contributed by atoms with Crippen LogP contribution in [-0.4, -0.2) is 46.9 Å². The van der Waals surface area contributed by atoms with Crippen molar-refractivity contribution in [3.8, 4) is 0 Å². The number of hydrogen-bond acceptors (Lipinski definition) is 5. The van der Waals surface area contributed by atoms with Gasteiger partial charge in [-0.3, -0.25) is 9.59 Å². The number of hydrogen-bond donors (Lipinski definition) is 3. The standard InChI is InChI=1S/C49H95NO5/c1-4-7-10-13-16-18-20-22-23-24-26-28-30-33-36-39-42-49(54)55-45(40-37-34-31-15-12-9-6-3)43-48(53)50-46(44-51)47(52)41-38-35-32-29-27-25-21-19-17-14-11-8-5-2/h23-24,45-47,51-52H,4-22,25-44H2,1-3H3,(H,50,53)/b24-23+. The van der Waals surface area contributed by atoms with Crippen molar-refractivity contribution in [3.63, 3.8) is 0 Å². The summed E-state index contributed by atoms with van der Waals surface area (Å²) in [4.78, 5) is 25.9. The molecule has 0 saturated carbocycles. The minimum Gasteiger partial charge on any atom is -0.462 e. The molecule has 0 bridgehead atoms. The van der Waals surface area contributed by atoms with E-state index in [1.54, 1.807) is 0 Å². The van der Waals surface area contributed by atoms with E-state index < -0.39 is 18.2 Å². The van der Waals surface area contributed by atoms with Crippen LogP contribution in [0.5, 0.6) is 0 Å². The molecule has 326 valence electrons. The van der Waals surface area contributed by atoms with E-state index in [1.165, 1.54) is 167 Å². The summed E-state index contributed by atoms with van der Waals surface area (Å²) in [7, 11) is 0. The van der Waals surface area contributed by atoms with E-state index in [9.17, 15) is 19.8 Å². The first-order chi connectivity index (χ1) is 27.0. The summed E-state index contributed by atoms with van der Waals surface area (Å²) in [5.74, 6) is -0.476. The smallest absolute Gasteiger partial charge is 0.306 e. The predicted octanol–water partition coefficient (Wildman–Crippen LogP) is 14.2. The van der Waals surface area contributed by atoms with E-state index in [4.69, 9.17) is 4.74 Å². The number of nitrogens with one attached hydrogen (secondary N) is 1. The van der Waals surface area contributed by atoms with Crippen LogP contribution in [0.4, 0.5) is 0 Å². The van der Waals surface area contributed by atoms with Crippen molar-refractivity contribution >= 4 is 11.9 Å². The quantitative estimate of drug-likeness (QED) is 0.0325. The van der Waals surface area contributed by atoms with Crippen molar-refractivity contribution in [3.05, 3.63) is 12.2 Å². The SMILES string of the molecule is CCCCCCCCC/C=C/CCCCCCCC(=O)OC(CCCCCCCCC)CC(=O)NC(CO)C(O)CCCCCCCCCCCCCCC. The molecule has 0 aliphatic rings. The maximum absolute atomic E-state index is 13.1. The summed E-state index contributed by atoms with van der Waals surface area (Å²) in [5.41, 5.74) is 0. The van der Waals surface area contributed by atoms with Gasteiger partial charge in [0.05, 0.1) is 25.2 Å². The van der Waals surface area contributed by atoms with Gasteiger partial charge in [-0.05, 0) is 51.4 Å². The molecule has 3 unspecified atom stereocenters. The van der Waals surface area contributed by atoms with Crippen LogP contribution in [-0.2, 0) is 14.3 Å². The summed E-state index contributed by atoms with van der Waals surface area (Å²) < 4.78 is 5.89. The average Bonchev–Trinajstić information content (AvgIpc) is 3.18. The van der Waals surface area contributed by atoms with Gasteiger partial charge in [-0.25, -0.2) is 0 Å². The molecule has 0 rings (SSSR count). The second-order valence-electron chi connectivity index (χ2n) is 16.9. The number of carbonyl (C=O) groups excluding carboxylic acids is 2. The molecule has 0 radical (unpaired) electrons. The second-order valence-corrected chi connectivity index (χ2v) is 16.9. The molecule has 0 spiro atoms. The average molecular weight is 778 g/mol. The topological polar surface area (TPSA) is 95.9 Å². The highest BCUT2D eigenvalue weighted by molar-refractivity contribution is 5.77. The number of esters is 1. The van der Waals surface area contributed by atoms with Gasteiger partial charge in [-0.15, -0.1) is 0 Å². The third-order valence-corrected chi connectivity index (χ3v) is 11.3. The van der Waals surface area contributed by atoms with Gasteiger partial charge in [-0.1, -0.05) is 213 Å². The number of carbonyl (C=O) groups is 2. The number of ether oxygens (including phenoxy) is 1. The zero-order chi connectivity index (χ0) is 40.3. The second kappa shape index (κ2) is 43.7. The fraction of sp³-hybridized carbons (Fsp3) is 0.918. The van der Waals surface area contributed by atoms with Crippen molar-refractivity contribution in [2.45, 2.75) is 283 Å². The molecule has 0 aromatic carbocycles. The molecule has 1 amide bonds. The van der Waals surface area contributed by atoms with Crippen LogP contribution in [0, 0.1) is 0 Å². The van der Waals surface area contributed by atoms with E-state index >= 15 is 0 Å². The largest absolute Gasteiger partial charge is 0.462 e. The molecule has 3 atom stereocenters. The van der Waals surface area contributed by atoms with Crippen molar-refractivity contribution in [1.82, 2.24) is 5.32 Å². The highest BCUT2D eigenvalue weighted by atomic mass is 16.5. The predicted molar refractivity (Wildman–Crippen MR) is 237 cm³/mol. The molecule has 3 N–H and O–H groups in total. The minimum atomic E-state index is -0.781. The van der Waals surface area contributed by atoms with E-state index in [2.05, 4.69) is 38.2 Å². The van der Waals surface area contributed by atoms with E-state index in [0.717, 1.165) is 51.4 Å². The maximum Gasteiger partial charge on any atom is 0.306 e. The van der Waals surface area contributed by atoms with Gasteiger partial charge in [0, 0.05) is 6.42 Å². The third kappa shape index (κ3) is 39.2. The normalized spacial score (nSPS) is 13.3. The van der Waals surface area contributed by atoms with Crippen LogP contribution in [0.2, 0.25) is 0 Å². The number of allylic oxidation sites excluding steroid dienone is 2. The molecule has 6 heteroatoms. The fourth-order valence-electron chi connectivity index (χ4n) is 7.60. The number of unbranched alkanes of at least 4 members (excludes halogenated alkanes) is 30. The first kappa shape index (κ1) is 53.6. The molecule has 0 aromatic rings. The van der Waals surface area contributed by atoms with Crippen LogP contribution in [0.1, 0.15) is 265 Å². The Morgan fingerprint density at radius 3 is 1.29 bits per heavy atom. The van der Waals surface area contributed by atoms with Gasteiger partial charge in [-0.2, -0.15) is 0 Å². The van der Waals surface area contributed by atoms with Crippen LogP contribution in [0.15, 0.2) is 12.2 Å². The zero-order valence-electron chi connectivity index (χ0n) is 37.1. The lowest BCUT2D eigenvalue weighted by Crippen LogP contribution is -2.46. The molecule has 0 heterocycles. The number of aliphatic hydroxyl groups is 2. The number of rotatable bonds is 44. The van der Waals surface area contributed by atoms with E-state index in [0.29, 0.717) is 19.3 Å². The maximum atomic E-state index is 13.1. The van der Waals surface area contributed by atoms with Crippen LogP contribution < -0.4 is 5.32 Å². The Bertz CT molecular complexity index is 832. The lowest BCUT2D eigenvalue weighted by atomic mass is 10.0. The number of amides is 1. The molecule has 0 saturated heterocycles. The Labute approximate surface area is 342 Å². The molecule has 0 aliphatic carbocycles. The summed E-state index contributed by atoms with van der Waals surface area (Å²) in [5, 5.41) is 23.6. The van der Waals surface area contributed by atoms with Crippen molar-refractivity contribution in [2.75, 3.05) is 6.61 Å². The molecule has 0 aliphatic heterocycles. The number of aliphatic hydroxyl groups excluding tert-OH is 2. The van der Waals surface area contributed by atoms with E-state index in [1.807, 2.05) is 0 Å². The first-order valence-electron chi connectivity index (χ1n) is 24.4. The third-order valence-electron chi connectivity index (χ3n) is 11.3. The zero-order valence-corrected chi connectivity index (χ0v) is 37.1. The molecule has 55 heavy (non-hydrogen) atoms. The van der Waals surface area contributed by atoms with E-state index in [-0.39, 0.29) is 24.9 Å². The van der Waals surface area contributed by atoms with Gasteiger partial charge in [0.25, 0.3) is 0 Å². The Morgan fingerprint density at radius 1 is 0.509 bits per heavy atom. The Kier molecular flexibility index (Phi) is 42.6. The van der Waals surface area contributed by atoms with Crippen molar-refractivity contribution < 1.29 is 24.5 Å². The molecule has 0 fully saturated rings. The molecular weight excluding hydrogens is 683 g/mol. The molecule has 6 nitrogen and oxygen atoms in total. The van der Waals surface area contributed by atoms with Crippen molar-refractivity contribution in [1.29, 1.82) is 0 Å². The molecule has 0 aromatic heterocycles. The van der Waals surface area contributed by atoms with Gasteiger partial charge in [0.15, 0.2) is 0 Å². The Morgan fingerprint density at radius 2 is 0.873 bits per heavy atom. The van der Waals surface area contributed by atoms with Crippen LogP contribution >= 0.6 is 0 Å². The van der Waals surface area contributed by atoms with Gasteiger partial charge in [0.2, 0.25) is 5.91 Å². The summed E-state index contributed by atoms with van der Waals surface area (Å²) in [6.45, 7) is 6.46. The lowest BCUT2D eigenvalue weighted by Gasteiger charge is -2.24. The first-order valence-corrected chi connectivity index (χ1v) is 24.4. The highest BCUT2D eigenvalue weighted by Gasteiger charge is 2.24. The summed E-state index contributed by atoms with van der Waals surface area (Å²) in [6.07, 6.45) is 47.1. The van der Waals surface area contributed by atoms with Crippen LogP contribution in [0.25, 0.3) is 0 Å².